The molecule has 0 spiro atoms. The highest BCUT2D eigenvalue weighted by Gasteiger charge is 2.07. The van der Waals surface area contributed by atoms with Gasteiger partial charge in [0.1, 0.15) is 11.5 Å². The number of hydrogen-bond donors (Lipinski definition) is 1. The van der Waals surface area contributed by atoms with Crippen LogP contribution < -0.4 is 5.73 Å². The minimum atomic E-state index is 0.416. The average Bonchev–Trinajstić information content (AvgIpc) is 2.70. The zero-order valence-corrected chi connectivity index (χ0v) is 9.21. The molecule has 0 radical (unpaired) electrons. The molecule has 1 aromatic carbocycles. The Hall–Kier alpha value is -1.25. The van der Waals surface area contributed by atoms with Crippen LogP contribution >= 0.6 is 11.6 Å². The lowest BCUT2D eigenvalue weighted by atomic mass is 10.1. The van der Waals surface area contributed by atoms with E-state index >= 15 is 0 Å². The molecule has 0 unspecified atom stereocenters. The number of rotatable bonds is 2. The molecule has 2 N–H and O–H groups in total. The van der Waals surface area contributed by atoms with Crippen molar-refractivity contribution < 1.29 is 4.42 Å². The van der Waals surface area contributed by atoms with Crippen molar-refractivity contribution in [1.82, 2.24) is 0 Å². The molecule has 3 heteroatoms. The molecule has 1 heterocycles. The van der Waals surface area contributed by atoms with Gasteiger partial charge in [-0.15, -0.1) is 0 Å². The van der Waals surface area contributed by atoms with E-state index in [0.717, 1.165) is 22.6 Å². The molecule has 78 valence electrons. The SMILES string of the molecule is Cc1ccc(Cl)cc1-c1ccc(CN)o1. The summed E-state index contributed by atoms with van der Waals surface area (Å²) in [5, 5.41) is 0.710. The highest BCUT2D eigenvalue weighted by molar-refractivity contribution is 6.30. The van der Waals surface area contributed by atoms with Gasteiger partial charge in [0.15, 0.2) is 0 Å². The smallest absolute Gasteiger partial charge is 0.134 e. The molecule has 0 amide bonds. The molecular weight excluding hydrogens is 210 g/mol. The van der Waals surface area contributed by atoms with Crippen molar-refractivity contribution >= 4 is 11.6 Å². The molecule has 0 fully saturated rings. The van der Waals surface area contributed by atoms with Crippen molar-refractivity contribution in [2.24, 2.45) is 5.73 Å². The van der Waals surface area contributed by atoms with Crippen LogP contribution in [0.4, 0.5) is 0 Å². The van der Waals surface area contributed by atoms with E-state index in [1.165, 1.54) is 0 Å². The Morgan fingerprint density at radius 2 is 2.07 bits per heavy atom. The number of benzene rings is 1. The number of nitrogens with two attached hydrogens (primary N) is 1. The lowest BCUT2D eigenvalue weighted by molar-refractivity contribution is 0.525. The van der Waals surface area contributed by atoms with Crippen LogP contribution in [0.2, 0.25) is 5.02 Å². The first-order valence-electron chi connectivity index (χ1n) is 4.76. The lowest BCUT2D eigenvalue weighted by Crippen LogP contribution is -1.92. The fraction of sp³-hybridized carbons (Fsp3) is 0.167. The first-order valence-corrected chi connectivity index (χ1v) is 5.14. The van der Waals surface area contributed by atoms with Crippen molar-refractivity contribution in [3.63, 3.8) is 0 Å². The summed E-state index contributed by atoms with van der Waals surface area (Å²) in [6.45, 7) is 2.44. The van der Waals surface area contributed by atoms with Gasteiger partial charge in [-0.3, -0.25) is 0 Å². The van der Waals surface area contributed by atoms with Crippen LogP contribution in [0, 0.1) is 6.92 Å². The summed E-state index contributed by atoms with van der Waals surface area (Å²) in [4.78, 5) is 0. The van der Waals surface area contributed by atoms with E-state index in [9.17, 15) is 0 Å². The Balaban J connectivity index is 2.48. The van der Waals surface area contributed by atoms with Crippen molar-refractivity contribution in [3.8, 4) is 11.3 Å². The van der Waals surface area contributed by atoms with Crippen molar-refractivity contribution in [2.75, 3.05) is 0 Å². The molecule has 2 aromatic rings. The van der Waals surface area contributed by atoms with E-state index in [1.54, 1.807) is 0 Å². The maximum atomic E-state index is 5.94. The normalized spacial score (nSPS) is 10.6. The van der Waals surface area contributed by atoms with Crippen LogP contribution in [0.3, 0.4) is 0 Å². The van der Waals surface area contributed by atoms with Crippen molar-refractivity contribution in [2.45, 2.75) is 13.5 Å². The van der Waals surface area contributed by atoms with Gasteiger partial charge in [0.25, 0.3) is 0 Å². The third-order valence-corrected chi connectivity index (χ3v) is 2.56. The maximum Gasteiger partial charge on any atom is 0.134 e. The highest BCUT2D eigenvalue weighted by Crippen LogP contribution is 2.28. The molecule has 0 aliphatic rings. The second kappa shape index (κ2) is 4.09. The summed E-state index contributed by atoms with van der Waals surface area (Å²) < 4.78 is 5.57. The van der Waals surface area contributed by atoms with Gasteiger partial charge in [-0.1, -0.05) is 17.7 Å². The van der Waals surface area contributed by atoms with Gasteiger partial charge in [0.05, 0.1) is 6.54 Å². The van der Waals surface area contributed by atoms with E-state index in [-0.39, 0.29) is 0 Å². The van der Waals surface area contributed by atoms with E-state index in [1.807, 2.05) is 37.3 Å². The molecule has 15 heavy (non-hydrogen) atoms. The van der Waals surface area contributed by atoms with Gasteiger partial charge < -0.3 is 10.2 Å². The molecular formula is C12H12ClNO. The average molecular weight is 222 g/mol. The highest BCUT2D eigenvalue weighted by atomic mass is 35.5. The number of halogens is 1. The summed E-state index contributed by atoms with van der Waals surface area (Å²) in [6.07, 6.45) is 0. The first kappa shape index (κ1) is 10.3. The zero-order valence-electron chi connectivity index (χ0n) is 8.46. The van der Waals surface area contributed by atoms with E-state index in [4.69, 9.17) is 21.8 Å². The van der Waals surface area contributed by atoms with Crippen LogP contribution in [-0.4, -0.2) is 0 Å². The van der Waals surface area contributed by atoms with Crippen LogP contribution in [0.1, 0.15) is 11.3 Å². The minimum absolute atomic E-state index is 0.416. The molecule has 2 rings (SSSR count). The molecule has 0 aliphatic heterocycles. The quantitative estimate of drug-likeness (QED) is 0.845. The zero-order chi connectivity index (χ0) is 10.8. The largest absolute Gasteiger partial charge is 0.460 e. The van der Waals surface area contributed by atoms with Crippen LogP contribution in [0.15, 0.2) is 34.7 Å². The molecule has 2 nitrogen and oxygen atoms in total. The van der Waals surface area contributed by atoms with Gasteiger partial charge in [-0.05, 0) is 36.8 Å². The Kier molecular flexibility index (Phi) is 2.80. The Morgan fingerprint density at radius 3 is 2.73 bits per heavy atom. The predicted molar refractivity (Wildman–Crippen MR) is 61.8 cm³/mol. The summed E-state index contributed by atoms with van der Waals surface area (Å²) in [5.41, 5.74) is 7.64. The fourth-order valence-corrected chi connectivity index (χ4v) is 1.66. The molecule has 0 atom stereocenters. The molecule has 0 saturated heterocycles. The molecule has 1 aromatic heterocycles. The summed E-state index contributed by atoms with van der Waals surface area (Å²) >= 11 is 5.94. The van der Waals surface area contributed by atoms with E-state index in [0.29, 0.717) is 11.6 Å². The van der Waals surface area contributed by atoms with Gasteiger partial charge in [0.2, 0.25) is 0 Å². The van der Waals surface area contributed by atoms with Crippen LogP contribution in [-0.2, 0) is 6.54 Å². The maximum absolute atomic E-state index is 5.94. The van der Waals surface area contributed by atoms with Crippen LogP contribution in [0.25, 0.3) is 11.3 Å². The van der Waals surface area contributed by atoms with Gasteiger partial charge in [-0.25, -0.2) is 0 Å². The predicted octanol–water partition coefficient (Wildman–Crippen LogP) is 3.37. The number of aryl methyl sites for hydroxylation is 1. The van der Waals surface area contributed by atoms with Crippen molar-refractivity contribution in [3.05, 3.63) is 46.7 Å². The minimum Gasteiger partial charge on any atom is -0.460 e. The van der Waals surface area contributed by atoms with Gasteiger partial charge in [-0.2, -0.15) is 0 Å². The van der Waals surface area contributed by atoms with Gasteiger partial charge in [0, 0.05) is 10.6 Å². The Labute approximate surface area is 93.7 Å². The molecule has 0 aliphatic carbocycles. The third-order valence-electron chi connectivity index (χ3n) is 2.33. The third kappa shape index (κ3) is 2.06. The summed E-state index contributed by atoms with van der Waals surface area (Å²) in [6, 6.07) is 9.54. The van der Waals surface area contributed by atoms with Crippen molar-refractivity contribution in [1.29, 1.82) is 0 Å². The summed E-state index contributed by atoms with van der Waals surface area (Å²) in [5.74, 6) is 1.60. The monoisotopic (exact) mass is 221 g/mol. The van der Waals surface area contributed by atoms with E-state index < -0.39 is 0 Å². The second-order valence-corrected chi connectivity index (χ2v) is 3.87. The Bertz CT molecular complexity index is 476. The molecule has 0 saturated carbocycles. The number of hydrogen-bond acceptors (Lipinski definition) is 2. The standard InChI is InChI=1S/C12H12ClNO/c1-8-2-3-9(13)6-11(8)12-5-4-10(7-14)15-12/h2-6H,7,14H2,1H3. The second-order valence-electron chi connectivity index (χ2n) is 3.43. The first-order chi connectivity index (χ1) is 7.20. The number of furan rings is 1. The Morgan fingerprint density at radius 1 is 1.27 bits per heavy atom. The topological polar surface area (TPSA) is 39.2 Å². The van der Waals surface area contributed by atoms with Gasteiger partial charge >= 0.3 is 0 Å². The lowest BCUT2D eigenvalue weighted by Gasteiger charge is -2.02. The molecule has 0 bridgehead atoms. The van der Waals surface area contributed by atoms with Crippen LogP contribution in [0.5, 0.6) is 0 Å². The fourth-order valence-electron chi connectivity index (χ4n) is 1.49. The van der Waals surface area contributed by atoms with E-state index in [2.05, 4.69) is 0 Å². The summed E-state index contributed by atoms with van der Waals surface area (Å²) in [7, 11) is 0.